The number of ether oxygens (including phenoxy) is 1. The van der Waals surface area contributed by atoms with E-state index in [2.05, 4.69) is 27.7 Å². The molecule has 0 aliphatic heterocycles. The van der Waals surface area contributed by atoms with E-state index in [4.69, 9.17) is 4.74 Å². The molecule has 1 atom stereocenters. The van der Waals surface area contributed by atoms with Crippen molar-refractivity contribution >= 4 is 6.47 Å². The van der Waals surface area contributed by atoms with Crippen molar-refractivity contribution in [3.05, 3.63) is 0 Å². The van der Waals surface area contributed by atoms with E-state index in [1.54, 1.807) is 0 Å². The minimum atomic E-state index is -0.375. The van der Waals surface area contributed by atoms with Crippen molar-refractivity contribution in [1.82, 2.24) is 0 Å². The zero-order valence-electron chi connectivity index (χ0n) is 8.97. The Labute approximate surface area is 75.3 Å². The van der Waals surface area contributed by atoms with E-state index >= 15 is 0 Å². The van der Waals surface area contributed by atoms with Gasteiger partial charge < -0.3 is 4.74 Å². The average Bonchev–Trinajstić information content (AvgIpc) is 1.84. The Kier molecular flexibility index (Phi) is 3.31. The Balaban J connectivity index is 4.44. The van der Waals surface area contributed by atoms with Gasteiger partial charge in [0.05, 0.1) is 0 Å². The third-order valence-electron chi connectivity index (χ3n) is 2.69. The molecule has 72 valence electrons. The lowest BCUT2D eigenvalue weighted by atomic mass is 9.73. The van der Waals surface area contributed by atoms with Crippen molar-refractivity contribution in [1.29, 1.82) is 0 Å². The summed E-state index contributed by atoms with van der Waals surface area (Å²) in [5, 5.41) is 0. The monoisotopic (exact) mass is 172 g/mol. The summed E-state index contributed by atoms with van der Waals surface area (Å²) in [7, 11) is 0. The van der Waals surface area contributed by atoms with Gasteiger partial charge in [-0.15, -0.1) is 0 Å². The Bertz CT molecular complexity index is 154. The fourth-order valence-corrected chi connectivity index (χ4v) is 1.27. The molecular formula is C10H20O2. The first-order chi connectivity index (χ1) is 5.22. The topological polar surface area (TPSA) is 26.3 Å². The maximum absolute atomic E-state index is 10.2. The third-order valence-corrected chi connectivity index (χ3v) is 2.69. The van der Waals surface area contributed by atoms with Gasteiger partial charge in [0.15, 0.2) is 0 Å². The van der Waals surface area contributed by atoms with Crippen LogP contribution in [0, 0.1) is 11.3 Å². The second-order valence-corrected chi connectivity index (χ2v) is 4.91. The molecule has 0 heterocycles. The second-order valence-electron chi connectivity index (χ2n) is 4.91. The van der Waals surface area contributed by atoms with Crippen molar-refractivity contribution in [3.63, 3.8) is 0 Å². The smallest absolute Gasteiger partial charge is 0.293 e. The molecule has 0 saturated heterocycles. The summed E-state index contributed by atoms with van der Waals surface area (Å²) >= 11 is 0. The minimum absolute atomic E-state index is 0.159. The van der Waals surface area contributed by atoms with Gasteiger partial charge >= 0.3 is 0 Å². The van der Waals surface area contributed by atoms with Crippen molar-refractivity contribution in [2.45, 2.75) is 47.1 Å². The van der Waals surface area contributed by atoms with Crippen molar-refractivity contribution in [2.75, 3.05) is 0 Å². The molecule has 0 saturated carbocycles. The molecule has 0 rings (SSSR count). The minimum Gasteiger partial charge on any atom is -0.462 e. The van der Waals surface area contributed by atoms with E-state index in [1.165, 1.54) is 0 Å². The van der Waals surface area contributed by atoms with Gasteiger partial charge in [0, 0.05) is 5.92 Å². The predicted octanol–water partition coefficient (Wildman–Crippen LogP) is 2.62. The lowest BCUT2D eigenvalue weighted by Crippen LogP contribution is -2.39. The van der Waals surface area contributed by atoms with Crippen LogP contribution >= 0.6 is 0 Å². The van der Waals surface area contributed by atoms with Gasteiger partial charge in [-0.2, -0.15) is 0 Å². The highest BCUT2D eigenvalue weighted by molar-refractivity contribution is 5.38. The fourth-order valence-electron chi connectivity index (χ4n) is 1.27. The first-order valence-corrected chi connectivity index (χ1v) is 4.33. The SMILES string of the molecule is CC(C(C)(C)C)C(C)(C)OC=O. The zero-order valence-corrected chi connectivity index (χ0v) is 8.97. The predicted molar refractivity (Wildman–Crippen MR) is 49.8 cm³/mol. The van der Waals surface area contributed by atoms with Gasteiger partial charge in [-0.05, 0) is 19.3 Å². The van der Waals surface area contributed by atoms with Gasteiger partial charge in [0.1, 0.15) is 5.60 Å². The molecule has 0 aliphatic rings. The molecule has 2 nitrogen and oxygen atoms in total. The highest BCUT2D eigenvalue weighted by Gasteiger charge is 2.35. The maximum atomic E-state index is 10.2. The van der Waals surface area contributed by atoms with Gasteiger partial charge in [-0.25, -0.2) is 0 Å². The molecule has 0 fully saturated rings. The summed E-state index contributed by atoms with van der Waals surface area (Å²) < 4.78 is 5.04. The van der Waals surface area contributed by atoms with Crippen molar-refractivity contribution in [2.24, 2.45) is 11.3 Å². The molecule has 12 heavy (non-hydrogen) atoms. The largest absolute Gasteiger partial charge is 0.462 e. The molecule has 0 aromatic carbocycles. The molecule has 0 radical (unpaired) electrons. The summed E-state index contributed by atoms with van der Waals surface area (Å²) in [6, 6.07) is 0. The quantitative estimate of drug-likeness (QED) is 0.612. The summed E-state index contributed by atoms with van der Waals surface area (Å²) in [6.45, 7) is 13.0. The number of carbonyl (C=O) groups excluding carboxylic acids is 1. The van der Waals surface area contributed by atoms with Crippen LogP contribution in [0.5, 0.6) is 0 Å². The number of carbonyl (C=O) groups is 1. The highest BCUT2D eigenvalue weighted by Crippen LogP contribution is 2.35. The normalized spacial score (nSPS) is 15.5. The van der Waals surface area contributed by atoms with Gasteiger partial charge in [-0.1, -0.05) is 27.7 Å². The van der Waals surface area contributed by atoms with Crippen LogP contribution in [0.3, 0.4) is 0 Å². The van der Waals surface area contributed by atoms with Crippen LogP contribution in [0.15, 0.2) is 0 Å². The van der Waals surface area contributed by atoms with E-state index < -0.39 is 0 Å². The maximum Gasteiger partial charge on any atom is 0.293 e. The Morgan fingerprint density at radius 3 is 1.83 bits per heavy atom. The first kappa shape index (κ1) is 11.5. The Morgan fingerprint density at radius 1 is 1.17 bits per heavy atom. The summed E-state index contributed by atoms with van der Waals surface area (Å²) in [4.78, 5) is 10.2. The van der Waals surface area contributed by atoms with E-state index in [0.717, 1.165) is 0 Å². The second kappa shape index (κ2) is 3.46. The molecule has 0 bridgehead atoms. The third kappa shape index (κ3) is 2.84. The van der Waals surface area contributed by atoms with Gasteiger partial charge in [-0.3, -0.25) is 4.79 Å². The van der Waals surface area contributed by atoms with E-state index in [-0.39, 0.29) is 11.0 Å². The highest BCUT2D eigenvalue weighted by atomic mass is 16.5. The number of hydrogen-bond acceptors (Lipinski definition) is 2. The summed E-state index contributed by atoms with van der Waals surface area (Å²) in [5.74, 6) is 0.329. The molecule has 0 N–H and O–H groups in total. The average molecular weight is 172 g/mol. The standard InChI is InChI=1S/C10H20O2/c1-8(9(2,3)4)10(5,6)12-7-11/h7-8H,1-6H3. The fraction of sp³-hybridized carbons (Fsp3) is 0.900. The Hall–Kier alpha value is -0.530. The van der Waals surface area contributed by atoms with Crippen LogP contribution in [0.1, 0.15) is 41.5 Å². The molecular weight excluding hydrogens is 152 g/mol. The van der Waals surface area contributed by atoms with Gasteiger partial charge in [0.2, 0.25) is 0 Å². The van der Waals surface area contributed by atoms with Crippen LogP contribution in [0.25, 0.3) is 0 Å². The zero-order chi connectivity index (χ0) is 9.99. The molecule has 0 aromatic heterocycles. The lowest BCUT2D eigenvalue weighted by Gasteiger charge is -2.38. The molecule has 0 aromatic rings. The number of rotatable bonds is 3. The van der Waals surface area contributed by atoms with Crippen LogP contribution in [0.4, 0.5) is 0 Å². The van der Waals surface area contributed by atoms with E-state index in [1.807, 2.05) is 13.8 Å². The molecule has 0 aliphatic carbocycles. The summed E-state index contributed by atoms with van der Waals surface area (Å²) in [5.41, 5.74) is -0.216. The van der Waals surface area contributed by atoms with E-state index in [9.17, 15) is 4.79 Å². The van der Waals surface area contributed by atoms with Crippen molar-refractivity contribution < 1.29 is 9.53 Å². The van der Waals surface area contributed by atoms with Crippen molar-refractivity contribution in [3.8, 4) is 0 Å². The first-order valence-electron chi connectivity index (χ1n) is 4.33. The van der Waals surface area contributed by atoms with E-state index in [0.29, 0.717) is 12.4 Å². The van der Waals surface area contributed by atoms with Crippen LogP contribution in [-0.2, 0) is 9.53 Å². The van der Waals surface area contributed by atoms with Crippen LogP contribution in [0.2, 0.25) is 0 Å². The lowest BCUT2D eigenvalue weighted by molar-refractivity contribution is -0.148. The van der Waals surface area contributed by atoms with Crippen LogP contribution < -0.4 is 0 Å². The molecule has 1 unspecified atom stereocenters. The Morgan fingerprint density at radius 2 is 1.58 bits per heavy atom. The molecule has 2 heteroatoms. The summed E-state index contributed by atoms with van der Waals surface area (Å²) in [6.07, 6.45) is 0. The molecule has 0 amide bonds. The van der Waals surface area contributed by atoms with Crippen LogP contribution in [-0.4, -0.2) is 12.1 Å². The molecule has 0 spiro atoms. The van der Waals surface area contributed by atoms with Gasteiger partial charge in [0.25, 0.3) is 6.47 Å². The number of hydrogen-bond donors (Lipinski definition) is 0.